The highest BCUT2D eigenvalue weighted by atomic mass is 32.2. The van der Waals surface area contributed by atoms with Gasteiger partial charge in [-0.3, -0.25) is 0 Å². The molecular weight excluding hydrogens is 262 g/mol. The van der Waals surface area contributed by atoms with Crippen molar-refractivity contribution in [2.75, 3.05) is 11.9 Å². The number of fused-ring (bicyclic) bond motifs is 1. The Bertz CT molecular complexity index is 724. The Morgan fingerprint density at radius 2 is 1.89 bits per heavy atom. The molecule has 3 rings (SSSR count). The lowest BCUT2D eigenvalue weighted by Gasteiger charge is -2.05. The highest BCUT2D eigenvalue weighted by Gasteiger charge is 2.13. The van der Waals surface area contributed by atoms with Crippen molar-refractivity contribution in [3.05, 3.63) is 42.1 Å². The van der Waals surface area contributed by atoms with Crippen LogP contribution < -0.4 is 10.5 Å². The first-order valence-corrected chi connectivity index (χ1v) is 7.45. The van der Waals surface area contributed by atoms with E-state index in [2.05, 4.69) is 16.4 Å². The molecule has 0 spiro atoms. The summed E-state index contributed by atoms with van der Waals surface area (Å²) in [6, 6.07) is 8.58. The Kier molecular flexibility index (Phi) is 2.76. The minimum Gasteiger partial charge on any atom is -0.370 e. The summed E-state index contributed by atoms with van der Waals surface area (Å²) < 4.78 is 22.4. The average Bonchev–Trinajstić information content (AvgIpc) is 2.85. The number of nitrogens with one attached hydrogen (secondary N) is 1. The largest absolute Gasteiger partial charge is 0.370 e. The molecule has 0 amide bonds. The Morgan fingerprint density at radius 1 is 1.16 bits per heavy atom. The fourth-order valence-corrected chi connectivity index (χ4v) is 2.69. The summed E-state index contributed by atoms with van der Waals surface area (Å²) >= 11 is 0. The molecule has 2 heterocycles. The van der Waals surface area contributed by atoms with Crippen LogP contribution in [0.5, 0.6) is 0 Å². The summed E-state index contributed by atoms with van der Waals surface area (Å²) in [7, 11) is -3.64. The van der Waals surface area contributed by atoms with Crippen LogP contribution in [0.3, 0.4) is 0 Å². The van der Waals surface area contributed by atoms with Gasteiger partial charge in [-0.2, -0.15) is 0 Å². The van der Waals surface area contributed by atoms with Gasteiger partial charge in [-0.25, -0.2) is 18.5 Å². The van der Waals surface area contributed by atoms with Gasteiger partial charge in [0.1, 0.15) is 5.82 Å². The summed E-state index contributed by atoms with van der Waals surface area (Å²) in [5, 5.41) is 8.27. The van der Waals surface area contributed by atoms with E-state index < -0.39 is 10.0 Å². The van der Waals surface area contributed by atoms with Crippen LogP contribution in [0.25, 0.3) is 11.1 Å². The van der Waals surface area contributed by atoms with Crippen molar-refractivity contribution in [2.45, 2.75) is 11.3 Å². The molecule has 5 nitrogen and oxygen atoms in total. The van der Waals surface area contributed by atoms with Gasteiger partial charge in [-0.05, 0) is 35.7 Å². The first-order chi connectivity index (χ1) is 9.04. The van der Waals surface area contributed by atoms with Crippen molar-refractivity contribution in [1.29, 1.82) is 0 Å². The molecule has 1 aliphatic heterocycles. The summed E-state index contributed by atoms with van der Waals surface area (Å²) in [4.78, 5) is 4.47. The van der Waals surface area contributed by atoms with E-state index in [1.165, 1.54) is 17.7 Å². The zero-order chi connectivity index (χ0) is 13.5. The van der Waals surface area contributed by atoms with E-state index in [1.54, 1.807) is 18.3 Å². The maximum atomic E-state index is 11.2. The van der Waals surface area contributed by atoms with Crippen LogP contribution in [0.15, 0.2) is 41.4 Å². The Labute approximate surface area is 111 Å². The number of hydrogen-bond acceptors (Lipinski definition) is 4. The highest BCUT2D eigenvalue weighted by Crippen LogP contribution is 2.26. The van der Waals surface area contributed by atoms with Gasteiger partial charge in [0.05, 0.1) is 4.90 Å². The average molecular weight is 275 g/mol. The lowest BCUT2D eigenvalue weighted by Crippen LogP contribution is -2.11. The normalized spacial score (nSPS) is 13.9. The minimum atomic E-state index is -3.64. The van der Waals surface area contributed by atoms with Crippen molar-refractivity contribution in [3.8, 4) is 11.1 Å². The lowest BCUT2D eigenvalue weighted by molar-refractivity contribution is 0.598. The van der Waals surface area contributed by atoms with E-state index in [4.69, 9.17) is 5.14 Å². The van der Waals surface area contributed by atoms with Crippen LogP contribution in [0.1, 0.15) is 5.56 Å². The van der Waals surface area contributed by atoms with Gasteiger partial charge in [-0.1, -0.05) is 12.1 Å². The quantitative estimate of drug-likeness (QED) is 0.866. The van der Waals surface area contributed by atoms with Crippen molar-refractivity contribution in [2.24, 2.45) is 5.14 Å². The minimum absolute atomic E-state index is 0.118. The van der Waals surface area contributed by atoms with Crippen molar-refractivity contribution in [1.82, 2.24) is 4.98 Å². The number of nitrogens with two attached hydrogens (primary N) is 1. The maximum absolute atomic E-state index is 11.2. The molecule has 0 bridgehead atoms. The molecule has 3 N–H and O–H groups in total. The summed E-state index contributed by atoms with van der Waals surface area (Å²) in [6.07, 6.45) is 2.74. The van der Waals surface area contributed by atoms with E-state index in [1.807, 2.05) is 0 Å². The number of sulfonamides is 1. The molecule has 19 heavy (non-hydrogen) atoms. The second kappa shape index (κ2) is 4.32. The molecule has 98 valence electrons. The lowest BCUT2D eigenvalue weighted by atomic mass is 10.1. The van der Waals surface area contributed by atoms with E-state index >= 15 is 0 Å². The molecule has 0 unspecified atom stereocenters. The van der Waals surface area contributed by atoms with E-state index in [0.717, 1.165) is 29.9 Å². The van der Waals surface area contributed by atoms with Crippen molar-refractivity contribution >= 4 is 15.8 Å². The third-order valence-electron chi connectivity index (χ3n) is 3.17. The van der Waals surface area contributed by atoms with Gasteiger partial charge >= 0.3 is 0 Å². The monoisotopic (exact) mass is 275 g/mol. The van der Waals surface area contributed by atoms with Gasteiger partial charge < -0.3 is 5.32 Å². The number of benzene rings is 1. The zero-order valence-electron chi connectivity index (χ0n) is 10.1. The molecule has 0 fully saturated rings. The van der Waals surface area contributed by atoms with Crippen molar-refractivity contribution < 1.29 is 8.42 Å². The highest BCUT2D eigenvalue weighted by molar-refractivity contribution is 7.89. The summed E-state index contributed by atoms with van der Waals surface area (Å²) in [6.45, 7) is 0.913. The third kappa shape index (κ3) is 2.32. The topological polar surface area (TPSA) is 85.1 Å². The van der Waals surface area contributed by atoms with Crippen LogP contribution in [0, 0.1) is 0 Å². The number of aromatic nitrogens is 1. The number of primary sulfonamides is 1. The van der Waals surface area contributed by atoms with Gasteiger partial charge in [0, 0.05) is 18.3 Å². The first-order valence-electron chi connectivity index (χ1n) is 5.90. The number of rotatable bonds is 2. The van der Waals surface area contributed by atoms with Gasteiger partial charge in [0.25, 0.3) is 0 Å². The van der Waals surface area contributed by atoms with Crippen LogP contribution in [-0.2, 0) is 16.4 Å². The van der Waals surface area contributed by atoms with Crippen LogP contribution in [0.2, 0.25) is 0 Å². The molecule has 2 aromatic rings. The predicted molar refractivity (Wildman–Crippen MR) is 73.2 cm³/mol. The fourth-order valence-electron chi connectivity index (χ4n) is 2.17. The Morgan fingerprint density at radius 3 is 2.58 bits per heavy atom. The Balaban J connectivity index is 1.99. The molecule has 1 aromatic heterocycles. The molecule has 0 saturated heterocycles. The summed E-state index contributed by atoms with van der Waals surface area (Å²) in [5.41, 5.74) is 3.09. The van der Waals surface area contributed by atoms with Gasteiger partial charge in [0.2, 0.25) is 10.0 Å². The number of pyridine rings is 1. The van der Waals surface area contributed by atoms with Crippen LogP contribution in [0.4, 0.5) is 5.82 Å². The molecular formula is C13H13N3O2S. The SMILES string of the molecule is NS(=O)(=O)c1ccc(-c2cnc3c(c2)CCN3)cc1. The zero-order valence-corrected chi connectivity index (χ0v) is 10.9. The smallest absolute Gasteiger partial charge is 0.238 e. The molecule has 0 aliphatic carbocycles. The first kappa shape index (κ1) is 12.1. The maximum Gasteiger partial charge on any atom is 0.238 e. The van der Waals surface area contributed by atoms with E-state index in [-0.39, 0.29) is 4.90 Å². The third-order valence-corrected chi connectivity index (χ3v) is 4.10. The van der Waals surface area contributed by atoms with Crippen LogP contribution in [-0.4, -0.2) is 19.9 Å². The molecule has 0 atom stereocenters. The fraction of sp³-hybridized carbons (Fsp3) is 0.154. The van der Waals surface area contributed by atoms with Gasteiger partial charge in [0.15, 0.2) is 0 Å². The second-order valence-electron chi connectivity index (χ2n) is 4.48. The second-order valence-corrected chi connectivity index (χ2v) is 6.04. The summed E-state index contributed by atoms with van der Waals surface area (Å²) in [5.74, 6) is 0.935. The van der Waals surface area contributed by atoms with Crippen molar-refractivity contribution in [3.63, 3.8) is 0 Å². The number of anilines is 1. The number of hydrogen-bond donors (Lipinski definition) is 2. The molecule has 0 radical (unpaired) electrons. The molecule has 1 aliphatic rings. The predicted octanol–water partition coefficient (Wildman–Crippen LogP) is 1.36. The Hall–Kier alpha value is -1.92. The molecule has 0 saturated carbocycles. The molecule has 6 heteroatoms. The van der Waals surface area contributed by atoms with Crippen LogP contribution >= 0.6 is 0 Å². The van der Waals surface area contributed by atoms with E-state index in [0.29, 0.717) is 0 Å². The van der Waals surface area contributed by atoms with E-state index in [9.17, 15) is 8.42 Å². The standard InChI is InChI=1S/C13H13N3O2S/c14-19(17,18)12-3-1-9(2-4-12)11-7-10-5-6-15-13(10)16-8-11/h1-4,7-8H,5-6H2,(H,15,16)(H2,14,17,18). The molecule has 1 aromatic carbocycles. The van der Waals surface area contributed by atoms with Gasteiger partial charge in [-0.15, -0.1) is 0 Å². The number of nitrogens with zero attached hydrogens (tertiary/aromatic N) is 1.